The van der Waals surface area contributed by atoms with Gasteiger partial charge < -0.3 is 15.5 Å². The Morgan fingerprint density at radius 2 is 2.19 bits per heavy atom. The lowest BCUT2D eigenvalue weighted by molar-refractivity contribution is 0.102. The molecule has 16 heavy (non-hydrogen) atoms. The molecule has 0 aliphatic heterocycles. The average molecular weight is 237 g/mol. The fourth-order valence-electron chi connectivity index (χ4n) is 1.22. The van der Waals surface area contributed by atoms with Gasteiger partial charge in [-0.15, -0.1) is 0 Å². The number of anilines is 2. The van der Waals surface area contributed by atoms with E-state index < -0.39 is 0 Å². The SMILES string of the molecule is Nc1ccc(Cl)cc1NC(=O)c1ccoc1. The maximum Gasteiger partial charge on any atom is 0.258 e. The molecule has 0 atom stereocenters. The van der Waals surface area contributed by atoms with Crippen LogP contribution in [0.4, 0.5) is 11.4 Å². The van der Waals surface area contributed by atoms with Gasteiger partial charge in [-0.2, -0.15) is 0 Å². The van der Waals surface area contributed by atoms with Gasteiger partial charge in [-0.05, 0) is 24.3 Å². The molecule has 0 saturated heterocycles. The Morgan fingerprint density at radius 1 is 1.38 bits per heavy atom. The van der Waals surface area contributed by atoms with Crippen molar-refractivity contribution in [3.05, 3.63) is 47.4 Å². The minimum atomic E-state index is -0.289. The Hall–Kier alpha value is -1.94. The number of benzene rings is 1. The standard InChI is InChI=1S/C11H9ClN2O2/c12-8-1-2-9(13)10(5-8)14-11(15)7-3-4-16-6-7/h1-6H,13H2,(H,14,15). The number of carbonyl (C=O) groups excluding carboxylic acids is 1. The fourth-order valence-corrected chi connectivity index (χ4v) is 1.40. The lowest BCUT2D eigenvalue weighted by Crippen LogP contribution is -2.12. The normalized spacial score (nSPS) is 10.1. The van der Waals surface area contributed by atoms with E-state index in [1.54, 1.807) is 24.3 Å². The number of rotatable bonds is 2. The third-order valence-corrected chi connectivity index (χ3v) is 2.28. The Balaban J connectivity index is 2.21. The van der Waals surface area contributed by atoms with Crippen molar-refractivity contribution in [1.29, 1.82) is 0 Å². The summed E-state index contributed by atoms with van der Waals surface area (Å²) < 4.78 is 4.81. The summed E-state index contributed by atoms with van der Waals surface area (Å²) >= 11 is 5.80. The topological polar surface area (TPSA) is 68.3 Å². The van der Waals surface area contributed by atoms with Gasteiger partial charge >= 0.3 is 0 Å². The zero-order chi connectivity index (χ0) is 11.5. The van der Waals surface area contributed by atoms with Crippen LogP contribution in [-0.4, -0.2) is 5.91 Å². The predicted molar refractivity (Wildman–Crippen MR) is 62.5 cm³/mol. The summed E-state index contributed by atoms with van der Waals surface area (Å²) in [5.41, 5.74) is 7.07. The molecule has 0 unspecified atom stereocenters. The van der Waals surface area contributed by atoms with Crippen LogP contribution in [0.1, 0.15) is 10.4 Å². The molecule has 0 aliphatic rings. The van der Waals surface area contributed by atoms with E-state index in [2.05, 4.69) is 5.32 Å². The van der Waals surface area contributed by atoms with E-state index in [9.17, 15) is 4.79 Å². The van der Waals surface area contributed by atoms with E-state index in [0.717, 1.165) is 0 Å². The van der Waals surface area contributed by atoms with E-state index in [4.69, 9.17) is 21.8 Å². The molecule has 0 aliphatic carbocycles. The van der Waals surface area contributed by atoms with Gasteiger partial charge in [-0.25, -0.2) is 0 Å². The molecule has 1 aromatic carbocycles. The number of halogens is 1. The third-order valence-electron chi connectivity index (χ3n) is 2.05. The Morgan fingerprint density at radius 3 is 2.88 bits per heavy atom. The summed E-state index contributed by atoms with van der Waals surface area (Å²) in [6.07, 6.45) is 2.78. The van der Waals surface area contributed by atoms with Crippen molar-refractivity contribution >= 4 is 28.9 Å². The number of nitrogens with two attached hydrogens (primary N) is 1. The zero-order valence-electron chi connectivity index (χ0n) is 8.24. The minimum Gasteiger partial charge on any atom is -0.472 e. The molecule has 1 amide bonds. The van der Waals surface area contributed by atoms with Crippen LogP contribution in [0, 0.1) is 0 Å². The number of nitrogen functional groups attached to an aromatic ring is 1. The molecule has 82 valence electrons. The van der Waals surface area contributed by atoms with E-state index in [-0.39, 0.29) is 5.91 Å². The van der Waals surface area contributed by atoms with Crippen LogP contribution in [-0.2, 0) is 0 Å². The molecule has 0 saturated carbocycles. The Bertz CT molecular complexity index is 509. The highest BCUT2D eigenvalue weighted by Gasteiger charge is 2.09. The molecule has 2 rings (SSSR count). The van der Waals surface area contributed by atoms with E-state index in [0.29, 0.717) is 22.0 Å². The number of nitrogens with one attached hydrogen (secondary N) is 1. The number of carbonyl (C=O) groups is 1. The molecule has 0 radical (unpaired) electrons. The van der Waals surface area contributed by atoms with Gasteiger partial charge in [0.15, 0.2) is 0 Å². The molecule has 4 nitrogen and oxygen atoms in total. The van der Waals surface area contributed by atoms with Crippen molar-refractivity contribution in [1.82, 2.24) is 0 Å². The summed E-state index contributed by atoms with van der Waals surface area (Å²) in [6, 6.07) is 6.45. The van der Waals surface area contributed by atoms with Crippen molar-refractivity contribution in [3.63, 3.8) is 0 Å². The van der Waals surface area contributed by atoms with Crippen molar-refractivity contribution in [2.24, 2.45) is 0 Å². The third kappa shape index (κ3) is 2.17. The van der Waals surface area contributed by atoms with Crippen LogP contribution >= 0.6 is 11.6 Å². The van der Waals surface area contributed by atoms with E-state index >= 15 is 0 Å². The predicted octanol–water partition coefficient (Wildman–Crippen LogP) is 2.77. The molecule has 5 heteroatoms. The van der Waals surface area contributed by atoms with Gasteiger partial charge in [-0.1, -0.05) is 11.6 Å². The van der Waals surface area contributed by atoms with Crippen LogP contribution in [0.5, 0.6) is 0 Å². The number of amides is 1. The van der Waals surface area contributed by atoms with Crippen LogP contribution in [0.15, 0.2) is 41.2 Å². The Kier molecular flexibility index (Phi) is 2.83. The quantitative estimate of drug-likeness (QED) is 0.788. The molecular weight excluding hydrogens is 228 g/mol. The monoisotopic (exact) mass is 236 g/mol. The molecule has 0 fully saturated rings. The van der Waals surface area contributed by atoms with E-state index in [1.165, 1.54) is 12.5 Å². The van der Waals surface area contributed by atoms with Gasteiger partial charge in [0.2, 0.25) is 0 Å². The van der Waals surface area contributed by atoms with Crippen LogP contribution in [0.3, 0.4) is 0 Å². The number of hydrogen-bond acceptors (Lipinski definition) is 3. The molecule has 3 N–H and O–H groups in total. The fraction of sp³-hybridized carbons (Fsp3) is 0. The second-order valence-corrected chi connectivity index (χ2v) is 3.63. The molecular formula is C11H9ClN2O2. The summed E-state index contributed by atoms with van der Waals surface area (Å²) in [5.74, 6) is -0.289. The van der Waals surface area contributed by atoms with Crippen molar-refractivity contribution < 1.29 is 9.21 Å². The first kappa shape index (κ1) is 10.6. The maximum absolute atomic E-state index is 11.7. The van der Waals surface area contributed by atoms with Crippen LogP contribution < -0.4 is 11.1 Å². The smallest absolute Gasteiger partial charge is 0.258 e. The lowest BCUT2D eigenvalue weighted by atomic mass is 10.2. The Labute approximate surface area is 97.0 Å². The van der Waals surface area contributed by atoms with Crippen molar-refractivity contribution in [3.8, 4) is 0 Å². The second kappa shape index (κ2) is 4.28. The van der Waals surface area contributed by atoms with Crippen molar-refractivity contribution in [2.45, 2.75) is 0 Å². The van der Waals surface area contributed by atoms with Crippen molar-refractivity contribution in [2.75, 3.05) is 11.1 Å². The molecule has 1 heterocycles. The summed E-state index contributed by atoms with van der Waals surface area (Å²) in [5, 5.41) is 3.16. The largest absolute Gasteiger partial charge is 0.472 e. The number of furan rings is 1. The first-order valence-electron chi connectivity index (χ1n) is 4.55. The summed E-state index contributed by atoms with van der Waals surface area (Å²) in [4.78, 5) is 11.7. The number of hydrogen-bond donors (Lipinski definition) is 2. The average Bonchev–Trinajstić information content (AvgIpc) is 2.76. The molecule has 0 bridgehead atoms. The van der Waals surface area contributed by atoms with Gasteiger partial charge in [0, 0.05) is 5.02 Å². The highest BCUT2D eigenvalue weighted by molar-refractivity contribution is 6.31. The zero-order valence-corrected chi connectivity index (χ0v) is 8.99. The molecule has 2 aromatic rings. The highest BCUT2D eigenvalue weighted by Crippen LogP contribution is 2.23. The lowest BCUT2D eigenvalue weighted by Gasteiger charge is -2.07. The van der Waals surface area contributed by atoms with E-state index in [1.807, 2.05) is 0 Å². The molecule has 0 spiro atoms. The molecule has 1 aromatic heterocycles. The minimum absolute atomic E-state index is 0.289. The summed E-state index contributed by atoms with van der Waals surface area (Å²) in [7, 11) is 0. The van der Waals surface area contributed by atoms with Gasteiger partial charge in [0.05, 0.1) is 23.2 Å². The highest BCUT2D eigenvalue weighted by atomic mass is 35.5. The second-order valence-electron chi connectivity index (χ2n) is 3.20. The first-order valence-corrected chi connectivity index (χ1v) is 4.93. The first-order chi connectivity index (χ1) is 7.66. The van der Waals surface area contributed by atoms with Crippen LogP contribution in [0.2, 0.25) is 5.02 Å². The van der Waals surface area contributed by atoms with Crippen LogP contribution in [0.25, 0.3) is 0 Å². The van der Waals surface area contributed by atoms with Gasteiger partial charge in [0.25, 0.3) is 5.91 Å². The van der Waals surface area contributed by atoms with Gasteiger partial charge in [0.1, 0.15) is 6.26 Å². The summed E-state index contributed by atoms with van der Waals surface area (Å²) in [6.45, 7) is 0. The maximum atomic E-state index is 11.7. The van der Waals surface area contributed by atoms with Gasteiger partial charge in [-0.3, -0.25) is 4.79 Å².